The summed E-state index contributed by atoms with van der Waals surface area (Å²) in [7, 11) is 0. The second-order valence-corrected chi connectivity index (χ2v) is 9.72. The molecule has 0 bridgehead atoms. The smallest absolute Gasteiger partial charge is 0.269 e. The lowest BCUT2D eigenvalue weighted by Gasteiger charge is -2.32. The van der Waals surface area contributed by atoms with Crippen LogP contribution < -0.4 is 10.6 Å². The van der Waals surface area contributed by atoms with E-state index in [2.05, 4.69) is 10.1 Å². The molecule has 6 rings (SSSR count). The maximum absolute atomic E-state index is 14.6. The molecule has 0 spiro atoms. The molecule has 2 aromatic heterocycles. The molecule has 9 nitrogen and oxygen atoms in total. The first kappa shape index (κ1) is 21.7. The minimum atomic E-state index is -0.687. The van der Waals surface area contributed by atoms with Crippen LogP contribution in [0.15, 0.2) is 36.5 Å². The maximum Gasteiger partial charge on any atom is 0.269 e. The summed E-state index contributed by atoms with van der Waals surface area (Å²) in [5, 5.41) is 4.83. The van der Waals surface area contributed by atoms with Gasteiger partial charge in [-0.25, -0.2) is 4.39 Å². The van der Waals surface area contributed by atoms with Crippen molar-refractivity contribution in [2.45, 2.75) is 57.3 Å². The van der Waals surface area contributed by atoms with Gasteiger partial charge >= 0.3 is 0 Å². The Morgan fingerprint density at radius 2 is 1.97 bits per heavy atom. The number of hydrogen-bond donors (Lipinski definition) is 1. The number of pyridine rings is 1. The summed E-state index contributed by atoms with van der Waals surface area (Å²) in [4.78, 5) is 46.7. The zero-order valence-corrected chi connectivity index (χ0v) is 19.2. The predicted molar refractivity (Wildman–Crippen MR) is 125 cm³/mol. The summed E-state index contributed by atoms with van der Waals surface area (Å²) in [6, 6.07) is 7.29. The lowest BCUT2D eigenvalue weighted by atomic mass is 10.1. The fraction of sp³-hybridized carbons (Fsp3) is 0.400. The number of carbonyl (C=O) groups excluding carboxylic acids is 3. The van der Waals surface area contributed by atoms with Crippen molar-refractivity contribution >= 4 is 34.3 Å². The number of aromatic nitrogens is 3. The van der Waals surface area contributed by atoms with Crippen molar-refractivity contribution in [3.8, 4) is 0 Å². The Hall–Kier alpha value is -3.82. The molecule has 2 saturated carbocycles. The third-order valence-electron chi connectivity index (χ3n) is 7.23. The van der Waals surface area contributed by atoms with Gasteiger partial charge in [0, 0.05) is 23.2 Å². The second-order valence-electron chi connectivity index (χ2n) is 9.72. The van der Waals surface area contributed by atoms with E-state index in [0.717, 1.165) is 19.3 Å². The Bertz CT molecular complexity index is 1380. The summed E-state index contributed by atoms with van der Waals surface area (Å²) in [5.74, 6) is -1.36. The van der Waals surface area contributed by atoms with E-state index in [1.807, 2.05) is 0 Å². The van der Waals surface area contributed by atoms with Gasteiger partial charge in [-0.1, -0.05) is 12.1 Å². The number of likely N-dealkylation sites (tertiary alicyclic amines) is 1. The van der Waals surface area contributed by atoms with Gasteiger partial charge in [-0.15, -0.1) is 0 Å². The van der Waals surface area contributed by atoms with Crippen molar-refractivity contribution in [2.24, 2.45) is 11.7 Å². The molecular weight excluding hydrogens is 451 g/mol. The third-order valence-corrected chi connectivity index (χ3v) is 7.23. The summed E-state index contributed by atoms with van der Waals surface area (Å²) < 4.78 is 16.0. The standard InChI is InChI=1S/C25H25FN6O3/c1-13-8-16-21(11-28-13)30(29-23(16)24(27)34)12-22(33)32-19-9-14(19)10-20(32)25(35)31(15-6-7-15)18-5-3-2-4-17(18)26/h2-5,8,11,14-15,19-20H,6-7,9-10,12H2,1H3,(H2,27,34)/t14-,19-,20+/m1/s1. The van der Waals surface area contributed by atoms with Crippen LogP contribution in [0.3, 0.4) is 0 Å². The molecule has 3 atom stereocenters. The van der Waals surface area contributed by atoms with E-state index in [4.69, 9.17) is 5.73 Å². The molecule has 10 heteroatoms. The van der Waals surface area contributed by atoms with Crippen LogP contribution in [0.5, 0.6) is 0 Å². The average molecular weight is 477 g/mol. The molecule has 0 unspecified atom stereocenters. The quantitative estimate of drug-likeness (QED) is 0.586. The van der Waals surface area contributed by atoms with E-state index in [-0.39, 0.29) is 47.7 Å². The minimum Gasteiger partial charge on any atom is -0.364 e. The van der Waals surface area contributed by atoms with Crippen molar-refractivity contribution in [3.63, 3.8) is 0 Å². The highest BCUT2D eigenvalue weighted by Crippen LogP contribution is 2.49. The van der Waals surface area contributed by atoms with Gasteiger partial charge < -0.3 is 15.5 Å². The number of carbonyl (C=O) groups is 3. The number of nitrogens with zero attached hydrogens (tertiary/aromatic N) is 5. The zero-order valence-electron chi connectivity index (χ0n) is 19.2. The van der Waals surface area contributed by atoms with Gasteiger partial charge in [0.25, 0.3) is 5.91 Å². The van der Waals surface area contributed by atoms with Crippen molar-refractivity contribution < 1.29 is 18.8 Å². The Labute approximate surface area is 200 Å². The number of fused-ring (bicyclic) bond motifs is 2. The lowest BCUT2D eigenvalue weighted by molar-refractivity contribution is -0.139. The highest BCUT2D eigenvalue weighted by Gasteiger charge is 2.57. The highest BCUT2D eigenvalue weighted by atomic mass is 19.1. The molecule has 1 aromatic carbocycles. The molecule has 3 fully saturated rings. The van der Waals surface area contributed by atoms with Gasteiger partial charge in [0.1, 0.15) is 18.4 Å². The summed E-state index contributed by atoms with van der Waals surface area (Å²) in [5.41, 5.74) is 7.08. The van der Waals surface area contributed by atoms with Crippen molar-refractivity contribution in [1.29, 1.82) is 0 Å². The third kappa shape index (κ3) is 3.64. The topological polar surface area (TPSA) is 114 Å². The second kappa shape index (κ2) is 7.86. The number of halogens is 1. The SMILES string of the molecule is Cc1cc2c(C(N)=O)nn(CC(=O)N3[C@@H]4C[C@@H]4C[C@H]3C(=O)N(c3ccccc3F)C3CC3)c2cn1. The first-order valence-corrected chi connectivity index (χ1v) is 11.8. The molecule has 1 saturated heterocycles. The van der Waals surface area contributed by atoms with Gasteiger partial charge in [-0.3, -0.25) is 24.0 Å². The number of para-hydroxylation sites is 1. The Morgan fingerprint density at radius 1 is 1.20 bits per heavy atom. The van der Waals surface area contributed by atoms with Crippen LogP contribution in [0, 0.1) is 18.7 Å². The summed E-state index contributed by atoms with van der Waals surface area (Å²) >= 11 is 0. The van der Waals surface area contributed by atoms with E-state index in [1.165, 1.54) is 10.7 Å². The van der Waals surface area contributed by atoms with Crippen molar-refractivity contribution in [3.05, 3.63) is 53.7 Å². The van der Waals surface area contributed by atoms with E-state index >= 15 is 0 Å². The van der Waals surface area contributed by atoms with Crippen LogP contribution in [0.4, 0.5) is 10.1 Å². The molecule has 1 aliphatic heterocycles. The molecular formula is C25H25FN6O3. The molecule has 2 N–H and O–H groups in total. The van der Waals surface area contributed by atoms with Gasteiger partial charge in [-0.2, -0.15) is 5.10 Å². The predicted octanol–water partition coefficient (Wildman–Crippen LogP) is 2.16. The zero-order chi connectivity index (χ0) is 24.4. The Kier molecular flexibility index (Phi) is 4.87. The number of rotatable bonds is 6. The number of hydrogen-bond acceptors (Lipinski definition) is 5. The lowest BCUT2D eigenvalue weighted by Crippen LogP contribution is -2.51. The first-order valence-electron chi connectivity index (χ1n) is 11.8. The summed E-state index contributed by atoms with van der Waals surface area (Å²) in [6.45, 7) is 1.65. The highest BCUT2D eigenvalue weighted by molar-refractivity contribution is 6.04. The van der Waals surface area contributed by atoms with Crippen LogP contribution in [0.2, 0.25) is 0 Å². The molecule has 3 aromatic rings. The van der Waals surface area contributed by atoms with E-state index in [0.29, 0.717) is 23.0 Å². The van der Waals surface area contributed by atoms with Crippen LogP contribution in [0.1, 0.15) is 41.9 Å². The number of amides is 3. The number of nitrogens with two attached hydrogens (primary N) is 1. The number of primary amides is 1. The molecule has 2 aliphatic carbocycles. The molecule has 3 amide bonds. The molecule has 0 radical (unpaired) electrons. The van der Waals surface area contributed by atoms with Gasteiger partial charge in [-0.05, 0) is 56.7 Å². The van der Waals surface area contributed by atoms with Gasteiger partial charge in [0.05, 0.1) is 17.4 Å². The van der Waals surface area contributed by atoms with Crippen molar-refractivity contribution in [1.82, 2.24) is 19.7 Å². The van der Waals surface area contributed by atoms with Crippen LogP contribution >= 0.6 is 0 Å². The number of aryl methyl sites for hydroxylation is 1. The normalized spacial score (nSPS) is 22.8. The molecule has 3 aliphatic rings. The minimum absolute atomic E-state index is 0.00377. The largest absolute Gasteiger partial charge is 0.364 e. The van der Waals surface area contributed by atoms with Crippen LogP contribution in [-0.2, 0) is 16.1 Å². The van der Waals surface area contributed by atoms with E-state index in [9.17, 15) is 18.8 Å². The Balaban J connectivity index is 1.30. The number of anilines is 1. The van der Waals surface area contributed by atoms with Crippen LogP contribution in [-0.4, -0.2) is 55.5 Å². The maximum atomic E-state index is 14.6. The Morgan fingerprint density at radius 3 is 2.69 bits per heavy atom. The first-order chi connectivity index (χ1) is 16.8. The van der Waals surface area contributed by atoms with Crippen molar-refractivity contribution in [2.75, 3.05) is 4.90 Å². The van der Waals surface area contributed by atoms with E-state index in [1.54, 1.807) is 47.2 Å². The fourth-order valence-electron chi connectivity index (χ4n) is 5.36. The fourth-order valence-corrected chi connectivity index (χ4v) is 5.36. The van der Waals surface area contributed by atoms with Crippen LogP contribution in [0.25, 0.3) is 10.9 Å². The van der Waals surface area contributed by atoms with Gasteiger partial charge in [0.15, 0.2) is 5.69 Å². The van der Waals surface area contributed by atoms with E-state index < -0.39 is 17.8 Å². The number of benzene rings is 1. The number of piperidine rings is 1. The monoisotopic (exact) mass is 476 g/mol. The molecule has 180 valence electrons. The van der Waals surface area contributed by atoms with Gasteiger partial charge in [0.2, 0.25) is 11.8 Å². The molecule has 3 heterocycles. The molecule has 35 heavy (non-hydrogen) atoms. The average Bonchev–Trinajstić information content (AvgIpc) is 3.74. The summed E-state index contributed by atoms with van der Waals surface area (Å²) in [6.07, 6.45) is 4.62.